The van der Waals surface area contributed by atoms with Gasteiger partial charge in [0.25, 0.3) is 11.7 Å². The van der Waals surface area contributed by atoms with Crippen molar-refractivity contribution in [1.82, 2.24) is 4.90 Å². The molecule has 1 unspecified atom stereocenters. The van der Waals surface area contributed by atoms with Gasteiger partial charge in [0.15, 0.2) is 0 Å². The van der Waals surface area contributed by atoms with E-state index in [1.807, 2.05) is 35.7 Å². The van der Waals surface area contributed by atoms with Gasteiger partial charge in [0.2, 0.25) is 0 Å². The Kier molecular flexibility index (Phi) is 6.37. The number of nitrogens with zero attached hydrogens (tertiary/aromatic N) is 1. The third-order valence-electron chi connectivity index (χ3n) is 5.55. The van der Waals surface area contributed by atoms with Gasteiger partial charge in [-0.1, -0.05) is 30.3 Å². The topological polar surface area (TPSA) is 85.3 Å². The SMILES string of the molecule is COc1ccccc1CN1C(=O)C(=O)/C(=C(/O)c2c(OC)cccc2OC)C1c1cccs1. The van der Waals surface area contributed by atoms with Crippen molar-refractivity contribution >= 4 is 28.8 Å². The Hall–Kier alpha value is -3.78. The van der Waals surface area contributed by atoms with Crippen LogP contribution in [0.2, 0.25) is 0 Å². The van der Waals surface area contributed by atoms with Gasteiger partial charge in [-0.05, 0) is 29.6 Å². The molecule has 0 saturated carbocycles. The van der Waals surface area contributed by atoms with Crippen LogP contribution in [0.25, 0.3) is 5.76 Å². The lowest BCUT2D eigenvalue weighted by Crippen LogP contribution is -2.29. The number of rotatable bonds is 7. The third kappa shape index (κ3) is 3.93. The molecular weight excluding hydrogens is 442 g/mol. The zero-order chi connectivity index (χ0) is 23.5. The van der Waals surface area contributed by atoms with E-state index in [-0.39, 0.29) is 23.4 Å². The van der Waals surface area contributed by atoms with Gasteiger partial charge < -0.3 is 24.2 Å². The minimum absolute atomic E-state index is 0.0138. The summed E-state index contributed by atoms with van der Waals surface area (Å²) in [5.41, 5.74) is 0.956. The molecule has 1 atom stereocenters. The Bertz CT molecular complexity index is 1200. The standard InChI is InChI=1S/C25H23NO6S/c1-30-16-9-5-4-8-15(16)14-26-22(19-12-7-13-33-19)21(24(28)25(26)29)23(27)20-17(31-2)10-6-11-18(20)32-3/h4-13,22,27H,14H2,1-3H3/b23-21+. The summed E-state index contributed by atoms with van der Waals surface area (Å²) in [6.45, 7) is 0.136. The fourth-order valence-electron chi connectivity index (χ4n) is 4.02. The smallest absolute Gasteiger partial charge is 0.295 e. The summed E-state index contributed by atoms with van der Waals surface area (Å²) in [5.74, 6) is -0.553. The van der Waals surface area contributed by atoms with Crippen LogP contribution in [-0.4, -0.2) is 43.0 Å². The second kappa shape index (κ2) is 9.38. The van der Waals surface area contributed by atoms with Crippen molar-refractivity contribution in [2.75, 3.05) is 21.3 Å². The number of hydrogen-bond acceptors (Lipinski definition) is 7. The minimum Gasteiger partial charge on any atom is -0.506 e. The predicted molar refractivity (Wildman–Crippen MR) is 125 cm³/mol. The molecule has 1 N–H and O–H groups in total. The first-order chi connectivity index (χ1) is 16.0. The number of likely N-dealkylation sites (tertiary alicyclic amines) is 1. The van der Waals surface area contributed by atoms with Gasteiger partial charge in [-0.15, -0.1) is 11.3 Å². The molecule has 0 bridgehead atoms. The first-order valence-electron chi connectivity index (χ1n) is 10.2. The van der Waals surface area contributed by atoms with Crippen molar-refractivity contribution in [3.8, 4) is 17.2 Å². The molecule has 1 aliphatic heterocycles. The average molecular weight is 466 g/mol. The van der Waals surface area contributed by atoms with E-state index in [9.17, 15) is 14.7 Å². The average Bonchev–Trinajstić information content (AvgIpc) is 3.46. The molecule has 1 amide bonds. The number of ketones is 1. The number of carbonyl (C=O) groups is 2. The summed E-state index contributed by atoms with van der Waals surface area (Å²) in [7, 11) is 4.48. The number of methoxy groups -OCH3 is 3. The number of hydrogen-bond donors (Lipinski definition) is 1. The number of aliphatic hydroxyl groups excluding tert-OH is 1. The van der Waals surface area contributed by atoms with E-state index in [4.69, 9.17) is 14.2 Å². The number of amides is 1. The first-order valence-corrected chi connectivity index (χ1v) is 11.0. The highest BCUT2D eigenvalue weighted by Gasteiger charge is 2.47. The van der Waals surface area contributed by atoms with E-state index in [0.717, 1.165) is 10.4 Å². The quantitative estimate of drug-likeness (QED) is 0.316. The highest BCUT2D eigenvalue weighted by atomic mass is 32.1. The zero-order valence-corrected chi connectivity index (χ0v) is 19.2. The van der Waals surface area contributed by atoms with E-state index in [0.29, 0.717) is 17.2 Å². The molecule has 1 fully saturated rings. The van der Waals surface area contributed by atoms with Crippen LogP contribution in [0.5, 0.6) is 17.2 Å². The molecule has 33 heavy (non-hydrogen) atoms. The van der Waals surface area contributed by atoms with Crippen molar-refractivity contribution in [3.63, 3.8) is 0 Å². The molecule has 8 heteroatoms. The summed E-state index contributed by atoms with van der Waals surface area (Å²) < 4.78 is 16.3. The predicted octanol–water partition coefficient (Wildman–Crippen LogP) is 4.40. The van der Waals surface area contributed by atoms with Crippen LogP contribution in [0.4, 0.5) is 0 Å². The summed E-state index contributed by atoms with van der Waals surface area (Å²) >= 11 is 1.40. The number of carbonyl (C=O) groups excluding carboxylic acids is 2. The van der Waals surface area contributed by atoms with Crippen LogP contribution in [0, 0.1) is 0 Å². The van der Waals surface area contributed by atoms with Crippen LogP contribution in [0.15, 0.2) is 65.6 Å². The zero-order valence-electron chi connectivity index (χ0n) is 18.4. The molecule has 0 radical (unpaired) electrons. The van der Waals surface area contributed by atoms with Crippen molar-refractivity contribution in [2.24, 2.45) is 0 Å². The Labute approximate surface area is 195 Å². The number of aliphatic hydroxyl groups is 1. The van der Waals surface area contributed by atoms with Crippen LogP contribution < -0.4 is 14.2 Å². The molecule has 3 aromatic rings. The lowest BCUT2D eigenvalue weighted by Gasteiger charge is -2.25. The number of ether oxygens (including phenoxy) is 3. The molecular formula is C25H23NO6S. The van der Waals surface area contributed by atoms with Crippen LogP contribution in [0.3, 0.4) is 0 Å². The number of benzene rings is 2. The Morgan fingerprint density at radius 3 is 2.15 bits per heavy atom. The molecule has 1 aliphatic rings. The number of Topliss-reactive ketones (excluding diaryl/α,β-unsaturated/α-hetero) is 1. The number of para-hydroxylation sites is 1. The van der Waals surface area contributed by atoms with E-state index in [2.05, 4.69) is 0 Å². The van der Waals surface area contributed by atoms with E-state index < -0.39 is 17.7 Å². The van der Waals surface area contributed by atoms with Crippen molar-refractivity contribution in [1.29, 1.82) is 0 Å². The molecule has 0 spiro atoms. The van der Waals surface area contributed by atoms with Gasteiger partial charge >= 0.3 is 0 Å². The maximum atomic E-state index is 13.3. The minimum atomic E-state index is -0.774. The number of thiophene rings is 1. The maximum absolute atomic E-state index is 13.3. The highest BCUT2D eigenvalue weighted by Crippen LogP contribution is 2.45. The molecule has 0 aliphatic carbocycles. The third-order valence-corrected chi connectivity index (χ3v) is 6.48. The van der Waals surface area contributed by atoms with E-state index >= 15 is 0 Å². The Morgan fingerprint density at radius 1 is 0.909 bits per heavy atom. The fraction of sp³-hybridized carbons (Fsp3) is 0.200. The largest absolute Gasteiger partial charge is 0.506 e. The Balaban J connectivity index is 1.90. The van der Waals surface area contributed by atoms with Gasteiger partial charge in [0.1, 0.15) is 28.6 Å². The molecule has 170 valence electrons. The first kappa shape index (κ1) is 22.4. The maximum Gasteiger partial charge on any atom is 0.295 e. The molecule has 1 saturated heterocycles. The molecule has 7 nitrogen and oxygen atoms in total. The second-order valence-corrected chi connectivity index (χ2v) is 8.27. The van der Waals surface area contributed by atoms with Crippen molar-refractivity contribution in [3.05, 3.63) is 81.6 Å². The Morgan fingerprint density at radius 2 is 1.55 bits per heavy atom. The summed E-state index contributed by atoms with van der Waals surface area (Å²) in [5, 5.41) is 13.2. The van der Waals surface area contributed by atoms with Gasteiger partial charge in [-0.2, -0.15) is 0 Å². The normalized spacial score (nSPS) is 17.3. The van der Waals surface area contributed by atoms with Gasteiger partial charge in [0, 0.05) is 10.4 Å². The van der Waals surface area contributed by atoms with Crippen molar-refractivity contribution < 1.29 is 28.9 Å². The van der Waals surface area contributed by atoms with Crippen LogP contribution >= 0.6 is 11.3 Å². The van der Waals surface area contributed by atoms with Crippen molar-refractivity contribution in [2.45, 2.75) is 12.6 Å². The summed E-state index contributed by atoms with van der Waals surface area (Å²) in [4.78, 5) is 28.7. The lowest BCUT2D eigenvalue weighted by molar-refractivity contribution is -0.140. The highest BCUT2D eigenvalue weighted by molar-refractivity contribution is 7.10. The fourth-order valence-corrected chi connectivity index (χ4v) is 4.87. The molecule has 2 aromatic carbocycles. The summed E-state index contributed by atoms with van der Waals surface area (Å²) in [6, 6.07) is 15.2. The monoisotopic (exact) mass is 465 g/mol. The van der Waals surface area contributed by atoms with E-state index in [1.165, 1.54) is 30.5 Å². The van der Waals surface area contributed by atoms with Crippen LogP contribution in [0.1, 0.15) is 22.0 Å². The summed E-state index contributed by atoms with van der Waals surface area (Å²) in [6.07, 6.45) is 0. The van der Waals surface area contributed by atoms with Gasteiger partial charge in [-0.3, -0.25) is 9.59 Å². The molecule has 4 rings (SSSR count). The van der Waals surface area contributed by atoms with Gasteiger partial charge in [-0.25, -0.2) is 0 Å². The second-order valence-electron chi connectivity index (χ2n) is 7.29. The van der Waals surface area contributed by atoms with Gasteiger partial charge in [0.05, 0.1) is 39.5 Å². The molecule has 2 heterocycles. The molecule has 1 aromatic heterocycles. The van der Waals surface area contributed by atoms with E-state index in [1.54, 1.807) is 31.4 Å². The van der Waals surface area contributed by atoms with Crippen LogP contribution in [-0.2, 0) is 16.1 Å². The lowest BCUT2D eigenvalue weighted by atomic mass is 9.98.